The predicted octanol–water partition coefficient (Wildman–Crippen LogP) is -1.41. The van der Waals surface area contributed by atoms with Gasteiger partial charge in [0.25, 0.3) is 0 Å². The van der Waals surface area contributed by atoms with Gasteiger partial charge < -0.3 is 25.2 Å². The van der Waals surface area contributed by atoms with E-state index in [1.54, 1.807) is 30.3 Å². The molecule has 0 radical (unpaired) electrons. The number of aliphatic hydroxyl groups is 4. The maximum absolute atomic E-state index is 12.3. The van der Waals surface area contributed by atoms with E-state index in [4.69, 9.17) is 9.84 Å². The molecule has 0 amide bonds. The summed E-state index contributed by atoms with van der Waals surface area (Å²) in [6.45, 7) is -0.534. The molecule has 106 valence electrons. The molecular weight excluding hydrogens is 272 g/mol. The summed E-state index contributed by atoms with van der Waals surface area (Å²) in [6, 6.07) is 8.36. The second-order valence-electron chi connectivity index (χ2n) is 4.31. The van der Waals surface area contributed by atoms with Gasteiger partial charge >= 0.3 is 0 Å². The van der Waals surface area contributed by atoms with Gasteiger partial charge in [-0.3, -0.25) is 4.21 Å². The van der Waals surface area contributed by atoms with Crippen molar-refractivity contribution >= 4 is 10.8 Å². The van der Waals surface area contributed by atoms with Gasteiger partial charge in [-0.15, -0.1) is 0 Å². The Bertz CT molecular complexity index is 437. The molecule has 2 rings (SSSR count). The molecular formula is C12H16O6S. The van der Waals surface area contributed by atoms with Crippen molar-refractivity contribution in [1.82, 2.24) is 0 Å². The van der Waals surface area contributed by atoms with Crippen LogP contribution >= 0.6 is 0 Å². The van der Waals surface area contributed by atoms with Crippen molar-refractivity contribution < 1.29 is 29.4 Å². The van der Waals surface area contributed by atoms with E-state index in [2.05, 4.69) is 0 Å². The van der Waals surface area contributed by atoms with Crippen LogP contribution in [0.1, 0.15) is 0 Å². The van der Waals surface area contributed by atoms with Gasteiger partial charge in [-0.05, 0) is 12.1 Å². The first-order valence-electron chi connectivity index (χ1n) is 5.82. The Morgan fingerprint density at radius 2 is 1.68 bits per heavy atom. The number of benzene rings is 1. The number of ether oxygens (including phenoxy) is 1. The third kappa shape index (κ3) is 2.86. The van der Waals surface area contributed by atoms with Crippen molar-refractivity contribution in [1.29, 1.82) is 0 Å². The van der Waals surface area contributed by atoms with Crippen LogP contribution in [0.15, 0.2) is 35.2 Å². The highest BCUT2D eigenvalue weighted by molar-refractivity contribution is 7.85. The number of aliphatic hydroxyl groups excluding tert-OH is 4. The Kier molecular flexibility index (Phi) is 4.67. The van der Waals surface area contributed by atoms with Gasteiger partial charge in [-0.1, -0.05) is 18.2 Å². The van der Waals surface area contributed by atoms with Crippen molar-refractivity contribution in [3.05, 3.63) is 30.3 Å². The van der Waals surface area contributed by atoms with Crippen LogP contribution < -0.4 is 0 Å². The van der Waals surface area contributed by atoms with Gasteiger partial charge in [0.05, 0.1) is 17.4 Å². The Hall–Kier alpha value is -0.830. The number of hydrogen-bond donors (Lipinski definition) is 4. The molecule has 1 aliphatic heterocycles. The molecule has 0 aromatic heterocycles. The van der Waals surface area contributed by atoms with Crippen molar-refractivity contribution in [2.45, 2.75) is 34.7 Å². The van der Waals surface area contributed by atoms with E-state index in [9.17, 15) is 19.5 Å². The normalized spacial score (nSPS) is 36.9. The highest BCUT2D eigenvalue weighted by atomic mass is 32.2. The summed E-state index contributed by atoms with van der Waals surface area (Å²) in [5, 5.41) is 38.2. The van der Waals surface area contributed by atoms with Gasteiger partial charge in [0, 0.05) is 4.90 Å². The molecule has 19 heavy (non-hydrogen) atoms. The summed E-state index contributed by atoms with van der Waals surface area (Å²) in [4.78, 5) is 0.437. The van der Waals surface area contributed by atoms with E-state index < -0.39 is 47.3 Å². The summed E-state index contributed by atoms with van der Waals surface area (Å²) in [6.07, 6.45) is -5.48. The second kappa shape index (κ2) is 6.08. The lowest BCUT2D eigenvalue weighted by atomic mass is 10.0. The van der Waals surface area contributed by atoms with Crippen LogP contribution in [0.2, 0.25) is 0 Å². The third-order valence-corrected chi connectivity index (χ3v) is 4.58. The third-order valence-electron chi connectivity index (χ3n) is 3.03. The average Bonchev–Trinajstić information content (AvgIpc) is 2.45. The lowest BCUT2D eigenvalue weighted by Crippen LogP contribution is -2.59. The Morgan fingerprint density at radius 1 is 1.05 bits per heavy atom. The zero-order chi connectivity index (χ0) is 14.0. The summed E-state index contributed by atoms with van der Waals surface area (Å²) in [5.74, 6) is 0. The lowest BCUT2D eigenvalue weighted by molar-refractivity contribution is -0.206. The Balaban J connectivity index is 2.21. The van der Waals surface area contributed by atoms with Crippen molar-refractivity contribution in [2.24, 2.45) is 0 Å². The first-order chi connectivity index (χ1) is 9.06. The Morgan fingerprint density at radius 3 is 2.26 bits per heavy atom. The standard InChI is InChI=1S/C12H16O6S/c13-6-8-9(14)10(15)11(16)12(18-8)19(17)7-4-2-1-3-5-7/h1-5,8-16H,6H2/t8?,9?,10?,11?,12?,19-/m0/s1. The van der Waals surface area contributed by atoms with Crippen LogP contribution in [-0.4, -0.2) is 61.1 Å². The van der Waals surface area contributed by atoms with E-state index in [-0.39, 0.29) is 0 Å². The van der Waals surface area contributed by atoms with Crippen LogP contribution in [0, 0.1) is 0 Å². The highest BCUT2D eigenvalue weighted by Gasteiger charge is 2.46. The Labute approximate surface area is 112 Å². The van der Waals surface area contributed by atoms with Gasteiger partial charge in [-0.25, -0.2) is 0 Å². The fourth-order valence-electron chi connectivity index (χ4n) is 1.93. The van der Waals surface area contributed by atoms with Crippen LogP contribution in [0.4, 0.5) is 0 Å². The monoisotopic (exact) mass is 288 g/mol. The first-order valence-corrected chi connectivity index (χ1v) is 7.03. The van der Waals surface area contributed by atoms with Crippen LogP contribution in [0.5, 0.6) is 0 Å². The summed E-state index contributed by atoms with van der Waals surface area (Å²) >= 11 is 0. The quantitative estimate of drug-likeness (QED) is 0.544. The van der Waals surface area contributed by atoms with Gasteiger partial charge in [0.2, 0.25) is 0 Å². The molecule has 6 nitrogen and oxygen atoms in total. The molecule has 1 aliphatic rings. The zero-order valence-electron chi connectivity index (χ0n) is 9.99. The van der Waals surface area contributed by atoms with Crippen molar-refractivity contribution in [3.63, 3.8) is 0 Å². The van der Waals surface area contributed by atoms with E-state index >= 15 is 0 Å². The molecule has 7 heteroatoms. The minimum Gasteiger partial charge on any atom is -0.394 e. The van der Waals surface area contributed by atoms with Crippen molar-refractivity contribution in [3.8, 4) is 0 Å². The number of rotatable bonds is 3. The molecule has 5 unspecified atom stereocenters. The van der Waals surface area contributed by atoms with E-state index in [1.165, 1.54) is 0 Å². The zero-order valence-corrected chi connectivity index (χ0v) is 10.8. The summed E-state index contributed by atoms with van der Waals surface area (Å²) in [5.41, 5.74) is -1.20. The average molecular weight is 288 g/mol. The number of hydrogen-bond acceptors (Lipinski definition) is 6. The van der Waals surface area contributed by atoms with Crippen LogP contribution in [-0.2, 0) is 15.5 Å². The predicted molar refractivity (Wildman–Crippen MR) is 66.6 cm³/mol. The van der Waals surface area contributed by atoms with E-state index in [0.717, 1.165) is 0 Å². The minimum atomic E-state index is -1.71. The molecule has 4 N–H and O–H groups in total. The smallest absolute Gasteiger partial charge is 0.166 e. The highest BCUT2D eigenvalue weighted by Crippen LogP contribution is 2.26. The fraction of sp³-hybridized carbons (Fsp3) is 0.500. The molecule has 1 fully saturated rings. The topological polar surface area (TPSA) is 107 Å². The van der Waals surface area contributed by atoms with E-state index in [0.29, 0.717) is 4.90 Å². The molecule has 0 spiro atoms. The molecule has 1 saturated heterocycles. The van der Waals surface area contributed by atoms with Gasteiger partial charge in [-0.2, -0.15) is 0 Å². The molecule has 6 atom stereocenters. The molecule has 0 aliphatic carbocycles. The maximum atomic E-state index is 12.3. The second-order valence-corrected chi connectivity index (χ2v) is 5.84. The lowest BCUT2D eigenvalue weighted by Gasteiger charge is -2.39. The summed E-state index contributed by atoms with van der Waals surface area (Å²) in [7, 11) is -1.71. The SMILES string of the molecule is O=[S@@](c1ccccc1)C1OC(CO)C(O)C(O)C1O. The summed E-state index contributed by atoms with van der Waals surface area (Å²) < 4.78 is 17.5. The molecule has 0 bridgehead atoms. The minimum absolute atomic E-state index is 0.437. The first kappa shape index (κ1) is 14.6. The fourth-order valence-corrected chi connectivity index (χ4v) is 3.28. The van der Waals surface area contributed by atoms with Gasteiger partial charge in [0.1, 0.15) is 24.4 Å². The molecule has 1 aromatic carbocycles. The van der Waals surface area contributed by atoms with Gasteiger partial charge in [0.15, 0.2) is 5.44 Å². The largest absolute Gasteiger partial charge is 0.394 e. The van der Waals surface area contributed by atoms with Crippen LogP contribution in [0.3, 0.4) is 0 Å². The molecule has 0 saturated carbocycles. The molecule has 1 heterocycles. The van der Waals surface area contributed by atoms with E-state index in [1.807, 2.05) is 0 Å². The maximum Gasteiger partial charge on any atom is 0.166 e. The van der Waals surface area contributed by atoms with Crippen molar-refractivity contribution in [2.75, 3.05) is 6.61 Å². The molecule has 1 aromatic rings. The van der Waals surface area contributed by atoms with Crippen LogP contribution in [0.25, 0.3) is 0 Å².